The number of rotatable bonds is 2. The zero-order chi connectivity index (χ0) is 9.68. The van der Waals surface area contributed by atoms with Crippen molar-refractivity contribution in [2.24, 2.45) is 0 Å². The number of methoxy groups -OCH3 is 1. The smallest absolute Gasteiger partial charge is 0.330 e. The molecule has 0 aromatic carbocycles. The van der Waals surface area contributed by atoms with Crippen LogP contribution in [0.2, 0.25) is 0 Å². The lowest BCUT2D eigenvalue weighted by atomic mass is 10.2. The first-order valence-corrected chi connectivity index (χ1v) is 3.70. The third kappa shape index (κ3) is 2.94. The number of anilines is 1. The first kappa shape index (κ1) is 9.25. The molecular weight excluding hydrogens is 168 g/mol. The molecule has 0 aliphatic carbocycles. The maximum Gasteiger partial charge on any atom is 0.330 e. The molecule has 2 N–H and O–H groups in total. The number of carbonyl (C=O) groups excluding carboxylic acids is 1. The van der Waals surface area contributed by atoms with Crippen LogP contribution in [0.25, 0.3) is 6.08 Å². The highest BCUT2D eigenvalue weighted by atomic mass is 16.5. The van der Waals surface area contributed by atoms with Crippen molar-refractivity contribution >= 4 is 17.9 Å². The molecule has 0 atom stereocenters. The quantitative estimate of drug-likeness (QED) is 0.538. The Kier molecular flexibility index (Phi) is 3.03. The SMILES string of the molecule is COC(=O)C=Cc1ccnc(N)c1. The van der Waals surface area contributed by atoms with Crippen molar-refractivity contribution in [1.82, 2.24) is 4.98 Å². The number of hydrogen-bond donors (Lipinski definition) is 1. The molecule has 1 aromatic heterocycles. The molecule has 0 aliphatic rings. The second-order valence-electron chi connectivity index (χ2n) is 2.37. The Balaban J connectivity index is 2.74. The van der Waals surface area contributed by atoms with Gasteiger partial charge in [0.05, 0.1) is 7.11 Å². The molecule has 0 unspecified atom stereocenters. The van der Waals surface area contributed by atoms with E-state index in [-0.39, 0.29) is 0 Å². The molecule has 1 rings (SSSR count). The largest absolute Gasteiger partial charge is 0.466 e. The van der Waals surface area contributed by atoms with Gasteiger partial charge in [-0.05, 0) is 23.8 Å². The van der Waals surface area contributed by atoms with Gasteiger partial charge < -0.3 is 10.5 Å². The van der Waals surface area contributed by atoms with E-state index >= 15 is 0 Å². The number of carbonyl (C=O) groups is 1. The van der Waals surface area contributed by atoms with E-state index in [0.29, 0.717) is 5.82 Å². The Morgan fingerprint density at radius 3 is 3.08 bits per heavy atom. The van der Waals surface area contributed by atoms with Gasteiger partial charge in [-0.25, -0.2) is 9.78 Å². The van der Waals surface area contributed by atoms with Gasteiger partial charge in [-0.1, -0.05) is 0 Å². The highest BCUT2D eigenvalue weighted by Crippen LogP contribution is 2.04. The number of nitrogen functional groups attached to an aromatic ring is 1. The van der Waals surface area contributed by atoms with E-state index in [2.05, 4.69) is 9.72 Å². The van der Waals surface area contributed by atoms with Crippen molar-refractivity contribution in [3.05, 3.63) is 30.0 Å². The molecule has 4 heteroatoms. The summed E-state index contributed by atoms with van der Waals surface area (Å²) in [4.78, 5) is 14.5. The number of esters is 1. The molecule has 0 radical (unpaired) electrons. The predicted octanol–water partition coefficient (Wildman–Crippen LogP) is 0.850. The topological polar surface area (TPSA) is 65.2 Å². The molecule has 0 fully saturated rings. The second-order valence-corrected chi connectivity index (χ2v) is 2.37. The van der Waals surface area contributed by atoms with Crippen LogP contribution in [0.3, 0.4) is 0 Å². The van der Waals surface area contributed by atoms with Crippen LogP contribution in [0, 0.1) is 0 Å². The number of nitrogens with two attached hydrogens (primary N) is 1. The highest BCUT2D eigenvalue weighted by Gasteiger charge is 1.92. The maximum atomic E-state index is 10.7. The second kappa shape index (κ2) is 4.25. The summed E-state index contributed by atoms with van der Waals surface area (Å²) in [5, 5.41) is 0. The van der Waals surface area contributed by atoms with Crippen molar-refractivity contribution in [1.29, 1.82) is 0 Å². The lowest BCUT2D eigenvalue weighted by Crippen LogP contribution is -1.93. The minimum Gasteiger partial charge on any atom is -0.466 e. The molecule has 0 saturated heterocycles. The van der Waals surface area contributed by atoms with Crippen LogP contribution >= 0.6 is 0 Å². The van der Waals surface area contributed by atoms with Gasteiger partial charge in [0.2, 0.25) is 0 Å². The van der Waals surface area contributed by atoms with Crippen LogP contribution in [-0.4, -0.2) is 18.1 Å². The summed E-state index contributed by atoms with van der Waals surface area (Å²) in [6.45, 7) is 0. The van der Waals surface area contributed by atoms with Crippen LogP contribution in [-0.2, 0) is 9.53 Å². The lowest BCUT2D eigenvalue weighted by molar-refractivity contribution is -0.134. The van der Waals surface area contributed by atoms with Crippen molar-refractivity contribution in [2.75, 3.05) is 12.8 Å². The molecule has 0 aliphatic heterocycles. The maximum absolute atomic E-state index is 10.7. The van der Waals surface area contributed by atoms with E-state index < -0.39 is 5.97 Å². The zero-order valence-electron chi connectivity index (χ0n) is 7.23. The normalized spacial score (nSPS) is 10.2. The Morgan fingerprint density at radius 2 is 2.46 bits per heavy atom. The van der Waals surface area contributed by atoms with E-state index in [1.54, 1.807) is 24.4 Å². The van der Waals surface area contributed by atoms with Crippen LogP contribution in [0.5, 0.6) is 0 Å². The van der Waals surface area contributed by atoms with E-state index in [1.807, 2.05) is 0 Å². The predicted molar refractivity (Wildman–Crippen MR) is 49.7 cm³/mol. The molecule has 0 bridgehead atoms. The standard InChI is InChI=1S/C9H10N2O2/c1-13-9(12)3-2-7-4-5-11-8(10)6-7/h2-6H,1H3,(H2,10,11). The lowest BCUT2D eigenvalue weighted by Gasteiger charge is -1.94. The summed E-state index contributed by atoms with van der Waals surface area (Å²) < 4.78 is 4.43. The van der Waals surface area contributed by atoms with Crippen LogP contribution < -0.4 is 5.73 Å². The summed E-state index contributed by atoms with van der Waals surface area (Å²) in [5.41, 5.74) is 6.25. The van der Waals surface area contributed by atoms with E-state index in [4.69, 9.17) is 5.73 Å². The van der Waals surface area contributed by atoms with Gasteiger partial charge in [0, 0.05) is 12.3 Å². The van der Waals surface area contributed by atoms with Crippen LogP contribution in [0.15, 0.2) is 24.4 Å². The molecule has 0 spiro atoms. The van der Waals surface area contributed by atoms with Crippen molar-refractivity contribution in [2.45, 2.75) is 0 Å². The third-order valence-electron chi connectivity index (χ3n) is 1.42. The molecule has 0 saturated carbocycles. The number of pyridine rings is 1. The Bertz CT molecular complexity index is 334. The zero-order valence-corrected chi connectivity index (χ0v) is 7.23. The Morgan fingerprint density at radius 1 is 1.69 bits per heavy atom. The molecule has 4 nitrogen and oxygen atoms in total. The van der Waals surface area contributed by atoms with Gasteiger partial charge in [0.25, 0.3) is 0 Å². The summed E-state index contributed by atoms with van der Waals surface area (Å²) >= 11 is 0. The van der Waals surface area contributed by atoms with E-state index in [1.165, 1.54) is 13.2 Å². The third-order valence-corrected chi connectivity index (χ3v) is 1.42. The molecule has 1 aromatic rings. The fraction of sp³-hybridized carbons (Fsp3) is 0.111. The number of ether oxygens (including phenoxy) is 1. The Labute approximate surface area is 76.0 Å². The average Bonchev–Trinajstić information content (AvgIpc) is 2.14. The van der Waals surface area contributed by atoms with Crippen molar-refractivity contribution in [3.8, 4) is 0 Å². The molecular formula is C9H10N2O2. The van der Waals surface area contributed by atoms with E-state index in [9.17, 15) is 4.79 Å². The molecule has 1 heterocycles. The van der Waals surface area contributed by atoms with Gasteiger partial charge in [-0.15, -0.1) is 0 Å². The van der Waals surface area contributed by atoms with Crippen molar-refractivity contribution in [3.63, 3.8) is 0 Å². The van der Waals surface area contributed by atoms with Crippen LogP contribution in [0.4, 0.5) is 5.82 Å². The first-order chi connectivity index (χ1) is 6.22. The monoisotopic (exact) mass is 178 g/mol. The van der Waals surface area contributed by atoms with E-state index in [0.717, 1.165) is 5.56 Å². The van der Waals surface area contributed by atoms with Gasteiger partial charge >= 0.3 is 5.97 Å². The fourth-order valence-electron chi connectivity index (χ4n) is 0.802. The van der Waals surface area contributed by atoms with Gasteiger partial charge in [0.1, 0.15) is 5.82 Å². The minimum atomic E-state index is -0.393. The molecule has 68 valence electrons. The number of aromatic nitrogens is 1. The van der Waals surface area contributed by atoms with Gasteiger partial charge in [0.15, 0.2) is 0 Å². The minimum absolute atomic E-state index is 0.393. The number of hydrogen-bond acceptors (Lipinski definition) is 4. The van der Waals surface area contributed by atoms with Crippen LogP contribution in [0.1, 0.15) is 5.56 Å². The average molecular weight is 178 g/mol. The highest BCUT2D eigenvalue weighted by molar-refractivity contribution is 5.86. The summed E-state index contributed by atoms with van der Waals surface area (Å²) in [6.07, 6.45) is 4.52. The first-order valence-electron chi connectivity index (χ1n) is 3.70. The number of nitrogens with zero attached hydrogens (tertiary/aromatic N) is 1. The summed E-state index contributed by atoms with van der Waals surface area (Å²) in [5.74, 6) is 0.0300. The van der Waals surface area contributed by atoms with Crippen molar-refractivity contribution < 1.29 is 9.53 Å². The molecule has 0 amide bonds. The summed E-state index contributed by atoms with van der Waals surface area (Å²) in [6, 6.07) is 3.41. The fourth-order valence-corrected chi connectivity index (χ4v) is 0.802. The van der Waals surface area contributed by atoms with Gasteiger partial charge in [-0.3, -0.25) is 0 Å². The summed E-state index contributed by atoms with van der Waals surface area (Å²) in [7, 11) is 1.33. The Hall–Kier alpha value is -1.84. The van der Waals surface area contributed by atoms with Gasteiger partial charge in [-0.2, -0.15) is 0 Å². The molecule has 13 heavy (non-hydrogen) atoms.